The highest BCUT2D eigenvalue weighted by molar-refractivity contribution is 8.00. The number of carbonyl (C=O) groups excluding carboxylic acids is 4. The van der Waals surface area contributed by atoms with E-state index in [2.05, 4.69) is 0 Å². The fourth-order valence-corrected chi connectivity index (χ4v) is 3.99. The van der Waals surface area contributed by atoms with Crippen molar-refractivity contribution in [2.45, 2.75) is 16.6 Å². The van der Waals surface area contributed by atoms with Crippen LogP contribution < -0.4 is 0 Å². The van der Waals surface area contributed by atoms with Crippen molar-refractivity contribution in [3.63, 3.8) is 0 Å². The molecule has 0 spiro atoms. The number of ether oxygens (including phenoxy) is 1. The van der Waals surface area contributed by atoms with Gasteiger partial charge in [0.1, 0.15) is 0 Å². The SMILES string of the molecule is CN1C(=O)CC(Sc2ccccc2C(=O)OCC(=O)c2ccc(Cl)cc2)C1=O. The van der Waals surface area contributed by atoms with Crippen LogP contribution >= 0.6 is 23.4 Å². The molecule has 3 rings (SSSR count). The van der Waals surface area contributed by atoms with Crippen LogP contribution in [-0.4, -0.2) is 47.4 Å². The number of rotatable bonds is 6. The molecule has 0 saturated carbocycles. The molecule has 28 heavy (non-hydrogen) atoms. The number of imide groups is 1. The normalized spacial score (nSPS) is 16.4. The van der Waals surface area contributed by atoms with Crippen molar-refractivity contribution in [1.82, 2.24) is 4.90 Å². The van der Waals surface area contributed by atoms with Gasteiger partial charge in [-0.2, -0.15) is 0 Å². The summed E-state index contributed by atoms with van der Waals surface area (Å²) in [6, 6.07) is 12.9. The van der Waals surface area contributed by atoms with Crippen LogP contribution in [-0.2, 0) is 14.3 Å². The average Bonchev–Trinajstić information content (AvgIpc) is 2.93. The highest BCUT2D eigenvalue weighted by atomic mass is 35.5. The van der Waals surface area contributed by atoms with Crippen molar-refractivity contribution >= 4 is 46.9 Å². The second-order valence-electron chi connectivity index (χ2n) is 6.10. The van der Waals surface area contributed by atoms with E-state index in [1.54, 1.807) is 48.5 Å². The number of esters is 1. The molecule has 0 bridgehead atoms. The third-order valence-corrected chi connectivity index (χ3v) is 5.73. The Labute approximate surface area is 170 Å². The summed E-state index contributed by atoms with van der Waals surface area (Å²) in [7, 11) is 1.44. The average molecular weight is 418 g/mol. The number of thioether (sulfide) groups is 1. The second kappa shape index (κ2) is 8.58. The van der Waals surface area contributed by atoms with Gasteiger partial charge < -0.3 is 4.74 Å². The molecule has 1 fully saturated rings. The van der Waals surface area contributed by atoms with E-state index in [4.69, 9.17) is 16.3 Å². The standard InChI is InChI=1S/C20H16ClNO5S/c1-22-18(24)10-17(19(22)25)28-16-5-3-2-4-14(16)20(26)27-11-15(23)12-6-8-13(21)9-7-12/h2-9,17H,10-11H2,1H3. The van der Waals surface area contributed by atoms with E-state index in [1.165, 1.54) is 7.05 Å². The lowest BCUT2D eigenvalue weighted by atomic mass is 10.1. The highest BCUT2D eigenvalue weighted by Crippen LogP contribution is 2.33. The Kier molecular flexibility index (Phi) is 6.16. The number of carbonyl (C=O) groups is 4. The lowest BCUT2D eigenvalue weighted by Gasteiger charge is -2.12. The molecule has 8 heteroatoms. The van der Waals surface area contributed by atoms with E-state index in [9.17, 15) is 19.2 Å². The van der Waals surface area contributed by atoms with Crippen LogP contribution in [0.1, 0.15) is 27.1 Å². The first kappa shape index (κ1) is 20.1. The first-order chi connectivity index (χ1) is 13.4. The van der Waals surface area contributed by atoms with Crippen LogP contribution in [0.25, 0.3) is 0 Å². The quantitative estimate of drug-likeness (QED) is 0.408. The zero-order valence-corrected chi connectivity index (χ0v) is 16.5. The minimum absolute atomic E-state index is 0.0818. The number of benzene rings is 2. The lowest BCUT2D eigenvalue weighted by Crippen LogP contribution is -2.26. The van der Waals surface area contributed by atoms with E-state index in [0.717, 1.165) is 16.7 Å². The molecular weight excluding hydrogens is 402 g/mol. The molecule has 2 aromatic carbocycles. The molecule has 1 heterocycles. The molecule has 1 saturated heterocycles. The van der Waals surface area contributed by atoms with Gasteiger partial charge in [0, 0.05) is 29.0 Å². The molecule has 1 aliphatic rings. The third-order valence-electron chi connectivity index (χ3n) is 4.22. The van der Waals surface area contributed by atoms with Crippen LogP contribution in [0.5, 0.6) is 0 Å². The summed E-state index contributed by atoms with van der Waals surface area (Å²) in [5.41, 5.74) is 0.629. The third kappa shape index (κ3) is 4.43. The second-order valence-corrected chi connectivity index (χ2v) is 7.78. The van der Waals surface area contributed by atoms with Gasteiger partial charge in [-0.3, -0.25) is 19.3 Å². The molecule has 1 unspecified atom stereocenters. The van der Waals surface area contributed by atoms with Crippen molar-refractivity contribution < 1.29 is 23.9 Å². The summed E-state index contributed by atoms with van der Waals surface area (Å²) < 4.78 is 5.15. The van der Waals surface area contributed by atoms with Gasteiger partial charge in [0.05, 0.1) is 10.8 Å². The Morgan fingerprint density at radius 2 is 1.82 bits per heavy atom. The molecule has 144 valence electrons. The molecular formula is C20H16ClNO5S. The van der Waals surface area contributed by atoms with Crippen LogP contribution in [0.3, 0.4) is 0 Å². The summed E-state index contributed by atoms with van der Waals surface area (Å²) in [5.74, 6) is -1.57. The molecule has 0 aliphatic carbocycles. The summed E-state index contributed by atoms with van der Waals surface area (Å²) in [5, 5.41) is -0.0766. The topological polar surface area (TPSA) is 80.8 Å². The number of halogens is 1. The number of likely N-dealkylation sites (tertiary alicyclic amines) is 1. The number of nitrogens with zero attached hydrogens (tertiary/aromatic N) is 1. The lowest BCUT2D eigenvalue weighted by molar-refractivity contribution is -0.136. The van der Waals surface area contributed by atoms with Crippen LogP contribution in [0, 0.1) is 0 Å². The van der Waals surface area contributed by atoms with E-state index in [0.29, 0.717) is 15.5 Å². The van der Waals surface area contributed by atoms with E-state index in [1.807, 2.05) is 0 Å². The Morgan fingerprint density at radius 3 is 2.46 bits per heavy atom. The monoisotopic (exact) mass is 417 g/mol. The number of hydrogen-bond donors (Lipinski definition) is 0. The van der Waals surface area contributed by atoms with Gasteiger partial charge in [-0.15, -0.1) is 11.8 Å². The molecule has 2 amide bonds. The van der Waals surface area contributed by atoms with Gasteiger partial charge >= 0.3 is 5.97 Å². The molecule has 6 nitrogen and oxygen atoms in total. The fourth-order valence-electron chi connectivity index (χ4n) is 2.63. The van der Waals surface area contributed by atoms with Crippen LogP contribution in [0.15, 0.2) is 53.4 Å². The van der Waals surface area contributed by atoms with E-state index >= 15 is 0 Å². The van der Waals surface area contributed by atoms with Crippen LogP contribution in [0.2, 0.25) is 5.02 Å². The molecule has 0 aromatic heterocycles. The maximum atomic E-state index is 12.5. The van der Waals surface area contributed by atoms with Crippen molar-refractivity contribution in [1.29, 1.82) is 0 Å². The number of ketones is 1. The van der Waals surface area contributed by atoms with E-state index < -0.39 is 17.8 Å². The van der Waals surface area contributed by atoms with Gasteiger partial charge in [0.15, 0.2) is 12.4 Å². The maximum absolute atomic E-state index is 12.5. The van der Waals surface area contributed by atoms with Gasteiger partial charge in [-0.05, 0) is 36.4 Å². The van der Waals surface area contributed by atoms with Crippen LogP contribution in [0.4, 0.5) is 0 Å². The number of Topliss-reactive ketones (excluding diaryl/α,β-unsaturated/α-hetero) is 1. The van der Waals surface area contributed by atoms with Gasteiger partial charge in [0.25, 0.3) is 0 Å². The maximum Gasteiger partial charge on any atom is 0.339 e. The molecule has 0 radical (unpaired) electrons. The minimum atomic E-state index is -0.671. The van der Waals surface area contributed by atoms with Crippen molar-refractivity contribution in [2.75, 3.05) is 13.7 Å². The number of hydrogen-bond acceptors (Lipinski definition) is 6. The van der Waals surface area contributed by atoms with E-state index in [-0.39, 0.29) is 29.6 Å². The first-order valence-corrected chi connectivity index (χ1v) is 9.64. The Balaban J connectivity index is 1.67. The zero-order valence-electron chi connectivity index (χ0n) is 14.9. The Hall–Kier alpha value is -2.64. The largest absolute Gasteiger partial charge is 0.454 e. The van der Waals surface area contributed by atoms with Gasteiger partial charge in [-0.25, -0.2) is 4.79 Å². The molecule has 2 aromatic rings. The summed E-state index contributed by atoms with van der Waals surface area (Å²) >= 11 is 6.93. The number of amides is 2. The highest BCUT2D eigenvalue weighted by Gasteiger charge is 2.37. The molecule has 0 N–H and O–H groups in total. The smallest absolute Gasteiger partial charge is 0.339 e. The predicted octanol–water partition coefficient (Wildman–Crippen LogP) is 3.23. The fraction of sp³-hybridized carbons (Fsp3) is 0.200. The van der Waals surface area contributed by atoms with Crippen molar-refractivity contribution in [3.05, 3.63) is 64.7 Å². The molecule has 1 atom stereocenters. The van der Waals surface area contributed by atoms with Crippen molar-refractivity contribution in [2.24, 2.45) is 0 Å². The summed E-state index contributed by atoms with van der Waals surface area (Å²) in [6.45, 7) is -0.414. The Morgan fingerprint density at radius 1 is 1.14 bits per heavy atom. The van der Waals surface area contributed by atoms with Gasteiger partial charge in [-0.1, -0.05) is 23.7 Å². The predicted molar refractivity (Wildman–Crippen MR) is 105 cm³/mol. The summed E-state index contributed by atoms with van der Waals surface area (Å²) in [6.07, 6.45) is 0.0818. The van der Waals surface area contributed by atoms with Crippen molar-refractivity contribution in [3.8, 4) is 0 Å². The zero-order chi connectivity index (χ0) is 20.3. The summed E-state index contributed by atoms with van der Waals surface area (Å²) in [4.78, 5) is 50.0. The minimum Gasteiger partial charge on any atom is -0.454 e. The molecule has 1 aliphatic heterocycles. The Bertz CT molecular complexity index is 944. The first-order valence-electron chi connectivity index (χ1n) is 8.39. The van der Waals surface area contributed by atoms with Gasteiger partial charge in [0.2, 0.25) is 11.8 Å².